The van der Waals surface area contributed by atoms with Gasteiger partial charge in [-0.25, -0.2) is 9.97 Å². The molecule has 8 nitrogen and oxygen atoms in total. The first-order valence-corrected chi connectivity index (χ1v) is 8.61. The van der Waals surface area contributed by atoms with Crippen LogP contribution in [0.2, 0.25) is 0 Å². The molecular weight excluding hydrogens is 328 g/mol. The molecule has 0 amide bonds. The lowest BCUT2D eigenvalue weighted by molar-refractivity contribution is 0.966. The van der Waals surface area contributed by atoms with E-state index in [9.17, 15) is 0 Å². The van der Waals surface area contributed by atoms with Gasteiger partial charge in [0.15, 0.2) is 0 Å². The van der Waals surface area contributed by atoms with Crippen molar-refractivity contribution in [3.05, 3.63) is 48.0 Å². The number of nitrogens with two attached hydrogens (primary N) is 1. The third kappa shape index (κ3) is 2.65. The van der Waals surface area contributed by atoms with Crippen LogP contribution in [0.15, 0.2) is 36.8 Å². The van der Waals surface area contributed by atoms with Crippen molar-refractivity contribution in [1.29, 1.82) is 0 Å². The molecule has 4 heterocycles. The van der Waals surface area contributed by atoms with Crippen LogP contribution in [-0.4, -0.2) is 30.1 Å². The molecule has 26 heavy (non-hydrogen) atoms. The molecule has 0 radical (unpaired) electrons. The molecule has 0 spiro atoms. The van der Waals surface area contributed by atoms with Crippen molar-refractivity contribution in [2.75, 3.05) is 11.1 Å². The zero-order valence-electron chi connectivity index (χ0n) is 14.0. The van der Waals surface area contributed by atoms with Crippen LogP contribution in [0.4, 0.5) is 11.8 Å². The SMILES string of the molecule is Nc1nc(NCc2ccnc3[nH]ccc23)ncc1-c1cc(C2CC2)[nH]n1. The van der Waals surface area contributed by atoms with Crippen molar-refractivity contribution in [3.8, 4) is 11.3 Å². The molecule has 5 N–H and O–H groups in total. The number of nitrogens with one attached hydrogen (secondary N) is 3. The number of nitrogen functional groups attached to an aromatic ring is 1. The fourth-order valence-electron chi connectivity index (χ4n) is 3.10. The van der Waals surface area contributed by atoms with Gasteiger partial charge in [0.05, 0.1) is 11.3 Å². The predicted octanol–water partition coefficient (Wildman–Crippen LogP) is 2.81. The number of hydrogen-bond acceptors (Lipinski definition) is 6. The Labute approximate surface area is 149 Å². The number of nitrogens with zero attached hydrogens (tertiary/aromatic N) is 4. The minimum atomic E-state index is 0.415. The smallest absolute Gasteiger partial charge is 0.224 e. The number of fused-ring (bicyclic) bond motifs is 1. The largest absolute Gasteiger partial charge is 0.383 e. The van der Waals surface area contributed by atoms with Gasteiger partial charge in [0.2, 0.25) is 5.95 Å². The van der Waals surface area contributed by atoms with E-state index in [1.54, 1.807) is 12.4 Å². The molecule has 4 aromatic rings. The molecule has 0 aromatic carbocycles. The first kappa shape index (κ1) is 14.9. The average Bonchev–Trinajstić information content (AvgIpc) is 3.18. The Bertz CT molecular complexity index is 1080. The molecule has 5 rings (SSSR count). The molecule has 1 fully saturated rings. The molecule has 4 aromatic heterocycles. The van der Waals surface area contributed by atoms with E-state index in [4.69, 9.17) is 5.73 Å². The second kappa shape index (κ2) is 5.83. The van der Waals surface area contributed by atoms with Gasteiger partial charge in [0, 0.05) is 42.1 Å². The van der Waals surface area contributed by atoms with E-state index in [-0.39, 0.29) is 0 Å². The molecule has 0 aliphatic heterocycles. The van der Waals surface area contributed by atoms with Gasteiger partial charge in [-0.2, -0.15) is 10.1 Å². The number of H-pyrrole nitrogens is 2. The van der Waals surface area contributed by atoms with E-state index >= 15 is 0 Å². The summed E-state index contributed by atoms with van der Waals surface area (Å²) in [7, 11) is 0. The minimum Gasteiger partial charge on any atom is -0.383 e. The van der Waals surface area contributed by atoms with Crippen LogP contribution < -0.4 is 11.1 Å². The quantitative estimate of drug-likeness (QED) is 0.441. The fourth-order valence-corrected chi connectivity index (χ4v) is 3.10. The highest BCUT2D eigenvalue weighted by atomic mass is 15.1. The van der Waals surface area contributed by atoms with Crippen LogP contribution in [0, 0.1) is 0 Å². The number of aromatic nitrogens is 6. The summed E-state index contributed by atoms with van der Waals surface area (Å²) < 4.78 is 0. The molecule has 0 unspecified atom stereocenters. The van der Waals surface area contributed by atoms with Crippen molar-refractivity contribution in [1.82, 2.24) is 30.1 Å². The Balaban J connectivity index is 1.35. The van der Waals surface area contributed by atoms with E-state index in [1.807, 2.05) is 24.4 Å². The molecule has 130 valence electrons. The van der Waals surface area contributed by atoms with Gasteiger partial charge < -0.3 is 16.0 Å². The van der Waals surface area contributed by atoms with Gasteiger partial charge in [-0.05, 0) is 36.6 Å². The van der Waals surface area contributed by atoms with E-state index in [0.717, 1.165) is 33.5 Å². The van der Waals surface area contributed by atoms with Gasteiger partial charge in [-0.1, -0.05) is 0 Å². The standard InChI is InChI=1S/C18H18N8/c19-16-13(15-7-14(25-26-15)10-1-2-10)9-23-18(24-16)22-8-11-3-5-20-17-12(11)4-6-21-17/h3-7,9-10H,1-2,8H2,(H,20,21)(H,25,26)(H3,19,22,23,24). The van der Waals surface area contributed by atoms with Crippen LogP contribution in [0.3, 0.4) is 0 Å². The molecule has 1 aliphatic carbocycles. The highest BCUT2D eigenvalue weighted by Crippen LogP contribution is 2.40. The van der Waals surface area contributed by atoms with Gasteiger partial charge in [-0.3, -0.25) is 5.10 Å². The number of pyridine rings is 1. The third-order valence-corrected chi connectivity index (χ3v) is 4.70. The molecule has 8 heteroatoms. The third-order valence-electron chi connectivity index (χ3n) is 4.70. The van der Waals surface area contributed by atoms with Crippen LogP contribution in [-0.2, 0) is 6.54 Å². The molecule has 0 saturated heterocycles. The van der Waals surface area contributed by atoms with Crippen molar-refractivity contribution in [2.24, 2.45) is 0 Å². The first-order valence-electron chi connectivity index (χ1n) is 8.61. The normalized spacial score (nSPS) is 14.0. The maximum Gasteiger partial charge on any atom is 0.224 e. The maximum absolute atomic E-state index is 6.14. The number of aromatic amines is 2. The van der Waals surface area contributed by atoms with Crippen LogP contribution >= 0.6 is 0 Å². The maximum atomic E-state index is 6.14. The summed E-state index contributed by atoms with van der Waals surface area (Å²) in [6.45, 7) is 0.587. The van der Waals surface area contributed by atoms with E-state index in [1.165, 1.54) is 12.8 Å². The average molecular weight is 346 g/mol. The Kier molecular flexibility index (Phi) is 3.34. The zero-order valence-corrected chi connectivity index (χ0v) is 14.0. The van der Waals surface area contributed by atoms with Crippen molar-refractivity contribution in [2.45, 2.75) is 25.3 Å². The van der Waals surface area contributed by atoms with E-state index in [0.29, 0.717) is 24.2 Å². The summed E-state index contributed by atoms with van der Waals surface area (Å²) >= 11 is 0. The number of rotatable bonds is 5. The number of anilines is 2. The Morgan fingerprint density at radius 2 is 2.15 bits per heavy atom. The molecule has 0 bridgehead atoms. The van der Waals surface area contributed by atoms with Gasteiger partial charge in [0.1, 0.15) is 11.5 Å². The summed E-state index contributed by atoms with van der Waals surface area (Å²) in [6.07, 6.45) is 7.82. The lowest BCUT2D eigenvalue weighted by atomic mass is 10.2. The second-order valence-electron chi connectivity index (χ2n) is 6.54. The van der Waals surface area contributed by atoms with Gasteiger partial charge in [-0.15, -0.1) is 0 Å². The van der Waals surface area contributed by atoms with Crippen LogP contribution in [0.1, 0.15) is 30.0 Å². The summed E-state index contributed by atoms with van der Waals surface area (Å²) in [5, 5.41) is 11.7. The molecule has 1 saturated carbocycles. The molecular formula is C18H18N8. The Morgan fingerprint density at radius 3 is 3.00 bits per heavy atom. The second-order valence-corrected chi connectivity index (χ2v) is 6.54. The first-order chi connectivity index (χ1) is 12.8. The summed E-state index contributed by atoms with van der Waals surface area (Å²) in [4.78, 5) is 16.2. The van der Waals surface area contributed by atoms with Crippen LogP contribution in [0.5, 0.6) is 0 Å². The van der Waals surface area contributed by atoms with Crippen molar-refractivity contribution >= 4 is 22.8 Å². The zero-order chi connectivity index (χ0) is 17.5. The van der Waals surface area contributed by atoms with E-state index in [2.05, 4.69) is 35.5 Å². The monoisotopic (exact) mass is 346 g/mol. The summed E-state index contributed by atoms with van der Waals surface area (Å²) in [5.74, 6) is 1.52. The predicted molar refractivity (Wildman–Crippen MR) is 99.4 cm³/mol. The molecule has 0 atom stereocenters. The lowest BCUT2D eigenvalue weighted by Crippen LogP contribution is -2.06. The fraction of sp³-hybridized carbons (Fsp3) is 0.222. The Morgan fingerprint density at radius 1 is 1.23 bits per heavy atom. The number of hydrogen-bond donors (Lipinski definition) is 4. The lowest BCUT2D eigenvalue weighted by Gasteiger charge is -2.08. The van der Waals surface area contributed by atoms with Crippen molar-refractivity contribution in [3.63, 3.8) is 0 Å². The highest BCUT2D eigenvalue weighted by Gasteiger charge is 2.26. The highest BCUT2D eigenvalue weighted by molar-refractivity contribution is 5.79. The van der Waals surface area contributed by atoms with Crippen LogP contribution in [0.25, 0.3) is 22.3 Å². The Hall–Kier alpha value is -3.42. The van der Waals surface area contributed by atoms with Gasteiger partial charge >= 0.3 is 0 Å². The van der Waals surface area contributed by atoms with Crippen molar-refractivity contribution < 1.29 is 0 Å². The summed E-state index contributed by atoms with van der Waals surface area (Å²) in [6, 6.07) is 6.02. The van der Waals surface area contributed by atoms with E-state index < -0.39 is 0 Å². The molecule has 1 aliphatic rings. The topological polar surface area (TPSA) is 121 Å². The minimum absolute atomic E-state index is 0.415. The van der Waals surface area contributed by atoms with Gasteiger partial charge in [0.25, 0.3) is 0 Å². The summed E-state index contributed by atoms with van der Waals surface area (Å²) in [5.41, 5.74) is 10.8.